The molecular weight excluding hydrogens is 318 g/mol. The minimum atomic E-state index is -0.633. The Morgan fingerprint density at radius 1 is 1.39 bits per heavy atom. The molecule has 1 heterocycles. The van der Waals surface area contributed by atoms with Crippen molar-refractivity contribution in [1.82, 2.24) is 15.1 Å². The van der Waals surface area contributed by atoms with Crippen molar-refractivity contribution >= 4 is 17.5 Å². The Morgan fingerprint density at radius 2 is 2.22 bits per heavy atom. The Balaban J connectivity index is 1.74. The van der Waals surface area contributed by atoms with E-state index in [1.54, 1.807) is 43.5 Å². The molecule has 1 aromatic heterocycles. The van der Waals surface area contributed by atoms with Gasteiger partial charge in [0.1, 0.15) is 5.75 Å². The first-order valence-corrected chi connectivity index (χ1v) is 7.66. The number of carbonyl (C=O) groups excluding carboxylic acids is 1. The van der Waals surface area contributed by atoms with Crippen molar-refractivity contribution in [3.05, 3.63) is 58.0 Å². The van der Waals surface area contributed by atoms with Gasteiger partial charge in [0.2, 0.25) is 0 Å². The molecule has 23 heavy (non-hydrogen) atoms. The molecule has 122 valence electrons. The third-order valence-electron chi connectivity index (χ3n) is 3.11. The fourth-order valence-electron chi connectivity index (χ4n) is 1.94. The summed E-state index contributed by atoms with van der Waals surface area (Å²) >= 11 is 5.87. The predicted molar refractivity (Wildman–Crippen MR) is 87.7 cm³/mol. The number of aromatic nitrogens is 2. The van der Waals surface area contributed by atoms with Gasteiger partial charge in [-0.05, 0) is 37.6 Å². The summed E-state index contributed by atoms with van der Waals surface area (Å²) in [5.41, 5.74) is -0.156. The maximum Gasteiger partial charge on any atom is 0.266 e. The number of halogens is 1. The summed E-state index contributed by atoms with van der Waals surface area (Å²) in [6, 6.07) is 9.93. The summed E-state index contributed by atoms with van der Waals surface area (Å²) in [5.74, 6) is 0.318. The summed E-state index contributed by atoms with van der Waals surface area (Å²) in [6.07, 6.45) is 1.53. The van der Waals surface area contributed by atoms with Crippen molar-refractivity contribution in [3.63, 3.8) is 0 Å². The molecule has 0 radical (unpaired) electrons. The highest BCUT2D eigenvalue weighted by molar-refractivity contribution is 6.30. The molecule has 0 saturated heterocycles. The fraction of sp³-hybridized carbons (Fsp3) is 0.312. The number of carbonyl (C=O) groups is 1. The van der Waals surface area contributed by atoms with Crippen molar-refractivity contribution in [2.75, 3.05) is 6.54 Å². The van der Waals surface area contributed by atoms with E-state index >= 15 is 0 Å². The number of benzene rings is 1. The lowest BCUT2D eigenvalue weighted by Gasteiger charge is -2.15. The SMILES string of the molecule is CC(Oc1cccc(Cl)c1)C(=O)NCCCn1ncccc1=O. The van der Waals surface area contributed by atoms with E-state index in [9.17, 15) is 9.59 Å². The molecule has 1 N–H and O–H groups in total. The molecule has 1 atom stereocenters. The Bertz CT molecular complexity index is 717. The summed E-state index contributed by atoms with van der Waals surface area (Å²) in [6.45, 7) is 2.55. The monoisotopic (exact) mass is 335 g/mol. The van der Waals surface area contributed by atoms with E-state index in [1.807, 2.05) is 0 Å². The van der Waals surface area contributed by atoms with Crippen LogP contribution in [0.5, 0.6) is 5.75 Å². The molecule has 1 unspecified atom stereocenters. The van der Waals surface area contributed by atoms with Crippen LogP contribution in [0.15, 0.2) is 47.4 Å². The lowest BCUT2D eigenvalue weighted by molar-refractivity contribution is -0.127. The Morgan fingerprint density at radius 3 is 2.96 bits per heavy atom. The number of nitrogens with one attached hydrogen (secondary N) is 1. The Hall–Kier alpha value is -2.34. The van der Waals surface area contributed by atoms with Gasteiger partial charge in [-0.3, -0.25) is 9.59 Å². The minimum Gasteiger partial charge on any atom is -0.481 e. The van der Waals surface area contributed by atoms with Crippen LogP contribution < -0.4 is 15.6 Å². The van der Waals surface area contributed by atoms with Crippen LogP contribution in [-0.4, -0.2) is 28.3 Å². The zero-order chi connectivity index (χ0) is 16.7. The van der Waals surface area contributed by atoms with Crippen molar-refractivity contribution in [2.45, 2.75) is 26.0 Å². The van der Waals surface area contributed by atoms with E-state index in [0.29, 0.717) is 30.3 Å². The van der Waals surface area contributed by atoms with Crippen molar-refractivity contribution in [2.24, 2.45) is 0 Å². The standard InChI is InChI=1S/C16H18ClN3O3/c1-12(23-14-6-2-5-13(17)11-14)16(22)18-8-4-10-20-15(21)7-3-9-19-20/h2-3,5-7,9,11-12H,4,8,10H2,1H3,(H,18,22). The van der Waals surface area contributed by atoms with Crippen LogP contribution in [0.3, 0.4) is 0 Å². The van der Waals surface area contributed by atoms with Gasteiger partial charge in [0, 0.05) is 30.4 Å². The molecule has 0 saturated carbocycles. The van der Waals surface area contributed by atoms with Gasteiger partial charge < -0.3 is 10.1 Å². The third kappa shape index (κ3) is 5.41. The number of hydrogen-bond donors (Lipinski definition) is 1. The molecule has 1 aromatic carbocycles. The first-order chi connectivity index (χ1) is 11.1. The molecule has 0 bridgehead atoms. The molecule has 1 amide bonds. The van der Waals surface area contributed by atoms with Gasteiger partial charge in [0.05, 0.1) is 0 Å². The van der Waals surface area contributed by atoms with Crippen LogP contribution in [0.25, 0.3) is 0 Å². The zero-order valence-corrected chi connectivity index (χ0v) is 13.5. The maximum atomic E-state index is 12.0. The van der Waals surface area contributed by atoms with Crippen LogP contribution in [0.1, 0.15) is 13.3 Å². The van der Waals surface area contributed by atoms with Crippen LogP contribution in [0, 0.1) is 0 Å². The van der Waals surface area contributed by atoms with Gasteiger partial charge >= 0.3 is 0 Å². The zero-order valence-electron chi connectivity index (χ0n) is 12.7. The first kappa shape index (κ1) is 17.0. The second-order valence-corrected chi connectivity index (χ2v) is 5.38. The molecule has 6 nitrogen and oxygen atoms in total. The van der Waals surface area contributed by atoms with E-state index in [4.69, 9.17) is 16.3 Å². The van der Waals surface area contributed by atoms with E-state index < -0.39 is 6.10 Å². The first-order valence-electron chi connectivity index (χ1n) is 7.28. The third-order valence-corrected chi connectivity index (χ3v) is 3.34. The summed E-state index contributed by atoms with van der Waals surface area (Å²) in [4.78, 5) is 23.4. The Kier molecular flexibility index (Phi) is 6.17. The number of hydrogen-bond acceptors (Lipinski definition) is 4. The van der Waals surface area contributed by atoms with Crippen LogP contribution >= 0.6 is 11.6 Å². The van der Waals surface area contributed by atoms with Crippen LogP contribution in [-0.2, 0) is 11.3 Å². The molecule has 2 rings (SSSR count). The number of ether oxygens (including phenoxy) is 1. The normalized spacial score (nSPS) is 11.7. The second-order valence-electron chi connectivity index (χ2n) is 4.95. The van der Waals surface area contributed by atoms with Crippen molar-refractivity contribution in [1.29, 1.82) is 0 Å². The van der Waals surface area contributed by atoms with E-state index in [2.05, 4.69) is 10.4 Å². The smallest absolute Gasteiger partial charge is 0.266 e. The quantitative estimate of drug-likeness (QED) is 0.784. The lowest BCUT2D eigenvalue weighted by atomic mass is 10.3. The van der Waals surface area contributed by atoms with Crippen molar-refractivity contribution in [3.8, 4) is 5.75 Å². The molecule has 2 aromatic rings. The van der Waals surface area contributed by atoms with Gasteiger partial charge in [-0.1, -0.05) is 17.7 Å². The van der Waals surface area contributed by atoms with Gasteiger partial charge in [0.15, 0.2) is 6.10 Å². The molecule has 0 aliphatic heterocycles. The average Bonchev–Trinajstić information content (AvgIpc) is 2.53. The highest BCUT2D eigenvalue weighted by atomic mass is 35.5. The van der Waals surface area contributed by atoms with Crippen molar-refractivity contribution < 1.29 is 9.53 Å². The van der Waals surface area contributed by atoms with Crippen LogP contribution in [0.4, 0.5) is 0 Å². The molecule has 0 fully saturated rings. The lowest BCUT2D eigenvalue weighted by Crippen LogP contribution is -2.37. The van der Waals surface area contributed by atoms with E-state index in [0.717, 1.165) is 0 Å². The average molecular weight is 336 g/mol. The van der Waals surface area contributed by atoms with E-state index in [-0.39, 0.29) is 11.5 Å². The largest absolute Gasteiger partial charge is 0.481 e. The highest BCUT2D eigenvalue weighted by Crippen LogP contribution is 2.18. The number of amides is 1. The topological polar surface area (TPSA) is 73.2 Å². The fourth-order valence-corrected chi connectivity index (χ4v) is 2.12. The molecular formula is C16H18ClN3O3. The number of nitrogens with zero attached hydrogens (tertiary/aromatic N) is 2. The Labute approximate surface area is 139 Å². The summed E-state index contributed by atoms with van der Waals surface area (Å²) in [5, 5.41) is 7.27. The molecule has 0 aliphatic rings. The number of aryl methyl sites for hydroxylation is 1. The summed E-state index contributed by atoms with van der Waals surface area (Å²) < 4.78 is 6.89. The second kappa shape index (κ2) is 8.33. The predicted octanol–water partition coefficient (Wildman–Crippen LogP) is 1.87. The highest BCUT2D eigenvalue weighted by Gasteiger charge is 2.14. The van der Waals surface area contributed by atoms with E-state index in [1.165, 1.54) is 10.7 Å². The molecule has 7 heteroatoms. The van der Waals surface area contributed by atoms with Gasteiger partial charge in [-0.15, -0.1) is 0 Å². The van der Waals surface area contributed by atoms with Crippen LogP contribution in [0.2, 0.25) is 5.02 Å². The minimum absolute atomic E-state index is 0.156. The van der Waals surface area contributed by atoms with Gasteiger partial charge in [-0.2, -0.15) is 5.10 Å². The summed E-state index contributed by atoms with van der Waals surface area (Å²) in [7, 11) is 0. The molecule has 0 aliphatic carbocycles. The van der Waals surface area contributed by atoms with Gasteiger partial charge in [-0.25, -0.2) is 4.68 Å². The molecule has 0 spiro atoms. The van der Waals surface area contributed by atoms with Gasteiger partial charge in [0.25, 0.3) is 11.5 Å². The maximum absolute atomic E-state index is 12.0. The number of rotatable bonds is 7.